The van der Waals surface area contributed by atoms with Crippen LogP contribution >= 0.6 is 0 Å². The summed E-state index contributed by atoms with van der Waals surface area (Å²) in [6, 6.07) is 0. The zero-order chi connectivity index (χ0) is 12.5. The van der Waals surface area contributed by atoms with Crippen LogP contribution in [0.25, 0.3) is 0 Å². The average Bonchev–Trinajstić information content (AvgIpc) is 2.66. The maximum atomic E-state index is 12.5. The third kappa shape index (κ3) is 2.14. The molecule has 18 heavy (non-hydrogen) atoms. The number of hydrogen-bond acceptors (Lipinski definition) is 3. The summed E-state index contributed by atoms with van der Waals surface area (Å²) in [7, 11) is 0. The first-order valence-electron chi connectivity index (χ1n) is 7.33. The summed E-state index contributed by atoms with van der Waals surface area (Å²) in [6.07, 6.45) is 4.70. The molecule has 0 aromatic carbocycles. The summed E-state index contributed by atoms with van der Waals surface area (Å²) in [5.41, 5.74) is 2.69. The lowest BCUT2D eigenvalue weighted by Gasteiger charge is -2.30. The molecule has 2 atom stereocenters. The predicted octanol–water partition coefficient (Wildman–Crippen LogP) is 2.02. The zero-order valence-electron chi connectivity index (χ0n) is 11.3. The molecule has 3 nitrogen and oxygen atoms in total. The Labute approximate surface area is 109 Å². The smallest absolute Gasteiger partial charge is 0.163 e. The van der Waals surface area contributed by atoms with Gasteiger partial charge in [-0.25, -0.2) is 0 Å². The zero-order valence-corrected chi connectivity index (χ0v) is 11.3. The number of morpholine rings is 1. The van der Waals surface area contributed by atoms with E-state index in [-0.39, 0.29) is 5.92 Å². The van der Waals surface area contributed by atoms with Gasteiger partial charge in [0.1, 0.15) is 0 Å². The van der Waals surface area contributed by atoms with Crippen molar-refractivity contribution in [3.63, 3.8) is 0 Å². The normalized spacial score (nSPS) is 33.9. The summed E-state index contributed by atoms with van der Waals surface area (Å²) in [6.45, 7) is 6.82. The predicted molar refractivity (Wildman–Crippen MR) is 70.4 cm³/mol. The molecule has 3 aliphatic rings. The van der Waals surface area contributed by atoms with Crippen molar-refractivity contribution < 1.29 is 9.53 Å². The van der Waals surface area contributed by atoms with Crippen molar-refractivity contribution in [1.82, 2.24) is 4.90 Å². The molecule has 0 N–H and O–H groups in total. The second kappa shape index (κ2) is 5.14. The molecule has 100 valence electrons. The Kier molecular flexibility index (Phi) is 3.53. The summed E-state index contributed by atoms with van der Waals surface area (Å²) in [4.78, 5) is 14.9. The number of hydrogen-bond donors (Lipinski definition) is 0. The molecule has 1 heterocycles. The quantitative estimate of drug-likeness (QED) is 0.750. The van der Waals surface area contributed by atoms with Crippen LogP contribution in [-0.4, -0.2) is 43.5 Å². The number of Topliss-reactive ketones (excluding diaryl/α,β-unsaturated/α-hetero) is 1. The summed E-state index contributed by atoms with van der Waals surface area (Å²) >= 11 is 0. The van der Waals surface area contributed by atoms with Crippen LogP contribution in [0.4, 0.5) is 0 Å². The molecule has 1 saturated heterocycles. The van der Waals surface area contributed by atoms with Crippen molar-refractivity contribution in [3.8, 4) is 0 Å². The van der Waals surface area contributed by atoms with Gasteiger partial charge in [0.2, 0.25) is 0 Å². The fraction of sp³-hybridized carbons (Fsp3) is 0.800. The first-order chi connectivity index (χ1) is 8.77. The Balaban J connectivity index is 1.69. The van der Waals surface area contributed by atoms with Crippen molar-refractivity contribution in [2.24, 2.45) is 11.8 Å². The minimum absolute atomic E-state index is 0.228. The summed E-state index contributed by atoms with van der Waals surface area (Å²) in [5.74, 6) is 1.17. The van der Waals surface area contributed by atoms with Crippen LogP contribution in [0.1, 0.15) is 32.6 Å². The van der Waals surface area contributed by atoms with E-state index in [9.17, 15) is 4.79 Å². The second-order valence-corrected chi connectivity index (χ2v) is 5.88. The minimum Gasteiger partial charge on any atom is -0.379 e. The standard InChI is InChI=1S/C15H23NO2/c1-11-12-4-2-3-5-13(12)15(17)14(11)10-16-6-8-18-9-7-16/h11,14H,2-10H2,1H3. The van der Waals surface area contributed by atoms with Crippen molar-refractivity contribution in [1.29, 1.82) is 0 Å². The molecule has 0 radical (unpaired) electrons. The van der Waals surface area contributed by atoms with Gasteiger partial charge in [0.05, 0.1) is 13.2 Å². The van der Waals surface area contributed by atoms with Crippen LogP contribution in [0.3, 0.4) is 0 Å². The minimum atomic E-state index is 0.228. The average molecular weight is 249 g/mol. The van der Waals surface area contributed by atoms with Crippen LogP contribution in [0, 0.1) is 11.8 Å². The maximum absolute atomic E-state index is 12.5. The highest BCUT2D eigenvalue weighted by Crippen LogP contribution is 2.42. The number of allylic oxidation sites excluding steroid dienone is 2. The Hall–Kier alpha value is -0.670. The fourth-order valence-electron chi connectivity index (χ4n) is 3.71. The molecule has 0 saturated carbocycles. The highest BCUT2D eigenvalue weighted by molar-refractivity contribution is 6.01. The van der Waals surface area contributed by atoms with Crippen LogP contribution < -0.4 is 0 Å². The molecular formula is C15H23NO2. The lowest BCUT2D eigenvalue weighted by Crippen LogP contribution is -2.41. The first kappa shape index (κ1) is 12.4. The van der Waals surface area contributed by atoms with Gasteiger partial charge in [-0.3, -0.25) is 9.69 Å². The van der Waals surface area contributed by atoms with Gasteiger partial charge in [-0.05, 0) is 37.2 Å². The largest absolute Gasteiger partial charge is 0.379 e. The van der Waals surface area contributed by atoms with Crippen LogP contribution in [-0.2, 0) is 9.53 Å². The highest BCUT2D eigenvalue weighted by Gasteiger charge is 2.40. The topological polar surface area (TPSA) is 29.5 Å². The Morgan fingerprint density at radius 3 is 2.67 bits per heavy atom. The van der Waals surface area contributed by atoms with Gasteiger partial charge in [-0.15, -0.1) is 0 Å². The lowest BCUT2D eigenvalue weighted by atomic mass is 9.88. The first-order valence-corrected chi connectivity index (χ1v) is 7.33. The number of carbonyl (C=O) groups is 1. The maximum Gasteiger partial charge on any atom is 0.163 e. The van der Waals surface area contributed by atoms with E-state index in [0.717, 1.165) is 39.3 Å². The van der Waals surface area contributed by atoms with E-state index in [0.29, 0.717) is 11.7 Å². The van der Waals surface area contributed by atoms with Crippen molar-refractivity contribution >= 4 is 5.78 Å². The van der Waals surface area contributed by atoms with Gasteiger partial charge in [0.25, 0.3) is 0 Å². The molecule has 0 aromatic rings. The molecule has 3 rings (SSSR count). The SMILES string of the molecule is CC1C2=C(CCCC2)C(=O)C1CN1CCOCC1. The van der Waals surface area contributed by atoms with E-state index in [4.69, 9.17) is 4.74 Å². The van der Waals surface area contributed by atoms with Crippen molar-refractivity contribution in [2.45, 2.75) is 32.6 Å². The molecule has 3 heteroatoms. The second-order valence-electron chi connectivity index (χ2n) is 5.88. The van der Waals surface area contributed by atoms with E-state index in [1.54, 1.807) is 0 Å². The Bertz CT molecular complexity index is 369. The van der Waals surface area contributed by atoms with Gasteiger partial charge >= 0.3 is 0 Å². The summed E-state index contributed by atoms with van der Waals surface area (Å²) < 4.78 is 5.38. The molecule has 0 bridgehead atoms. The molecule has 1 aliphatic heterocycles. The number of rotatable bonds is 2. The molecule has 2 aliphatic carbocycles. The van der Waals surface area contributed by atoms with Gasteiger partial charge in [0, 0.05) is 25.6 Å². The van der Waals surface area contributed by atoms with Crippen molar-refractivity contribution in [3.05, 3.63) is 11.1 Å². The van der Waals surface area contributed by atoms with Gasteiger partial charge < -0.3 is 4.74 Å². The molecular weight excluding hydrogens is 226 g/mol. The van der Waals surface area contributed by atoms with E-state index in [1.165, 1.54) is 30.4 Å². The van der Waals surface area contributed by atoms with Crippen molar-refractivity contribution in [2.75, 3.05) is 32.8 Å². The van der Waals surface area contributed by atoms with E-state index in [2.05, 4.69) is 11.8 Å². The van der Waals surface area contributed by atoms with Crippen LogP contribution in [0.15, 0.2) is 11.1 Å². The number of carbonyl (C=O) groups excluding carboxylic acids is 1. The van der Waals surface area contributed by atoms with E-state index < -0.39 is 0 Å². The third-order valence-corrected chi connectivity index (χ3v) is 4.86. The number of ether oxygens (including phenoxy) is 1. The molecule has 0 amide bonds. The number of nitrogens with zero attached hydrogens (tertiary/aromatic N) is 1. The highest BCUT2D eigenvalue weighted by atomic mass is 16.5. The molecule has 0 spiro atoms. The molecule has 0 aromatic heterocycles. The van der Waals surface area contributed by atoms with Gasteiger partial charge in [-0.2, -0.15) is 0 Å². The third-order valence-electron chi connectivity index (χ3n) is 4.86. The van der Waals surface area contributed by atoms with Crippen LogP contribution in [0.5, 0.6) is 0 Å². The number of ketones is 1. The summed E-state index contributed by atoms with van der Waals surface area (Å²) in [5, 5.41) is 0. The lowest BCUT2D eigenvalue weighted by molar-refractivity contribution is -0.120. The van der Waals surface area contributed by atoms with Gasteiger partial charge in [-0.1, -0.05) is 12.5 Å². The van der Waals surface area contributed by atoms with E-state index in [1.807, 2.05) is 0 Å². The molecule has 1 fully saturated rings. The monoisotopic (exact) mass is 249 g/mol. The Morgan fingerprint density at radius 2 is 1.94 bits per heavy atom. The fourth-order valence-corrected chi connectivity index (χ4v) is 3.71. The van der Waals surface area contributed by atoms with E-state index >= 15 is 0 Å². The Morgan fingerprint density at radius 1 is 1.22 bits per heavy atom. The van der Waals surface area contributed by atoms with Crippen LogP contribution in [0.2, 0.25) is 0 Å². The van der Waals surface area contributed by atoms with Gasteiger partial charge in [0.15, 0.2) is 5.78 Å². The molecule has 2 unspecified atom stereocenters.